The van der Waals surface area contributed by atoms with E-state index in [0.29, 0.717) is 12.0 Å². The Labute approximate surface area is 102 Å². The number of nitrogens with zero attached hydrogens (tertiary/aromatic N) is 3. The van der Waals surface area contributed by atoms with E-state index in [2.05, 4.69) is 27.1 Å². The maximum absolute atomic E-state index is 5.44. The molecule has 1 atom stereocenters. The Morgan fingerprint density at radius 2 is 2.24 bits per heavy atom. The second-order valence-electron chi connectivity index (χ2n) is 4.51. The molecule has 0 radical (unpaired) electrons. The van der Waals surface area contributed by atoms with Crippen molar-refractivity contribution in [1.29, 1.82) is 0 Å². The van der Waals surface area contributed by atoms with Crippen LogP contribution >= 0.6 is 0 Å². The predicted molar refractivity (Wildman–Crippen MR) is 68.4 cm³/mol. The summed E-state index contributed by atoms with van der Waals surface area (Å²) in [7, 11) is 0. The molecule has 1 aliphatic heterocycles. The van der Waals surface area contributed by atoms with Gasteiger partial charge >= 0.3 is 0 Å². The molecule has 1 fully saturated rings. The zero-order valence-corrected chi connectivity index (χ0v) is 10.4. The van der Waals surface area contributed by atoms with Gasteiger partial charge in [-0.15, -0.1) is 0 Å². The van der Waals surface area contributed by atoms with Crippen LogP contribution in [0.15, 0.2) is 12.4 Å². The first-order valence-corrected chi connectivity index (χ1v) is 6.30. The van der Waals surface area contributed by atoms with E-state index in [1.54, 1.807) is 12.4 Å². The predicted octanol–water partition coefficient (Wildman–Crippen LogP) is 0.633. The van der Waals surface area contributed by atoms with Gasteiger partial charge in [-0.05, 0) is 25.9 Å². The highest BCUT2D eigenvalue weighted by Crippen LogP contribution is 2.15. The van der Waals surface area contributed by atoms with E-state index in [4.69, 9.17) is 5.73 Å². The number of rotatable bonds is 5. The molecule has 3 N–H and O–H groups in total. The Morgan fingerprint density at radius 1 is 1.47 bits per heavy atom. The largest absolute Gasteiger partial charge is 0.368 e. The van der Waals surface area contributed by atoms with Gasteiger partial charge in [0.25, 0.3) is 0 Å². The number of likely N-dealkylation sites (N-methyl/N-ethyl adjacent to an activating group) is 1. The Bertz CT molecular complexity index is 337. The Kier molecular flexibility index (Phi) is 4.28. The monoisotopic (exact) mass is 235 g/mol. The topological polar surface area (TPSA) is 67.1 Å². The smallest absolute Gasteiger partial charge is 0.219 e. The Hall–Kier alpha value is -1.20. The summed E-state index contributed by atoms with van der Waals surface area (Å²) in [5.41, 5.74) is 6.53. The molecule has 1 saturated heterocycles. The van der Waals surface area contributed by atoms with Gasteiger partial charge in [-0.2, -0.15) is 0 Å². The van der Waals surface area contributed by atoms with E-state index in [-0.39, 0.29) is 0 Å². The first-order valence-electron chi connectivity index (χ1n) is 6.30. The van der Waals surface area contributed by atoms with Gasteiger partial charge in [-0.3, -0.25) is 4.90 Å². The van der Waals surface area contributed by atoms with E-state index < -0.39 is 0 Å². The molecule has 94 valence electrons. The maximum Gasteiger partial charge on any atom is 0.219 e. The van der Waals surface area contributed by atoms with Crippen molar-refractivity contribution in [3.63, 3.8) is 0 Å². The number of nitrogens with one attached hydrogen (secondary N) is 1. The third-order valence-electron chi connectivity index (χ3n) is 3.34. The van der Waals surface area contributed by atoms with Crippen molar-refractivity contribution < 1.29 is 0 Å². The number of hydrogen-bond acceptors (Lipinski definition) is 5. The summed E-state index contributed by atoms with van der Waals surface area (Å²) in [5, 5.41) is 3.46. The van der Waals surface area contributed by atoms with Gasteiger partial charge in [-0.1, -0.05) is 6.92 Å². The van der Waals surface area contributed by atoms with Crippen molar-refractivity contribution in [2.75, 3.05) is 25.4 Å². The van der Waals surface area contributed by atoms with Crippen LogP contribution in [0, 0.1) is 0 Å². The van der Waals surface area contributed by atoms with E-state index in [1.807, 2.05) is 0 Å². The number of aromatic nitrogens is 2. The zero-order valence-electron chi connectivity index (χ0n) is 10.4. The van der Waals surface area contributed by atoms with Crippen LogP contribution in [-0.4, -0.2) is 40.5 Å². The van der Waals surface area contributed by atoms with Crippen LogP contribution in [0.2, 0.25) is 0 Å². The average molecular weight is 235 g/mol. The molecule has 17 heavy (non-hydrogen) atoms. The summed E-state index contributed by atoms with van der Waals surface area (Å²) >= 11 is 0. The molecule has 0 aromatic carbocycles. The summed E-state index contributed by atoms with van der Waals surface area (Å²) < 4.78 is 0. The lowest BCUT2D eigenvalue weighted by atomic mass is 10.2. The van der Waals surface area contributed by atoms with E-state index in [9.17, 15) is 0 Å². The molecule has 1 aromatic heterocycles. The lowest BCUT2D eigenvalue weighted by Gasteiger charge is -2.22. The Balaban J connectivity index is 1.74. The molecule has 5 heteroatoms. The van der Waals surface area contributed by atoms with Crippen LogP contribution in [0.1, 0.15) is 25.3 Å². The van der Waals surface area contributed by atoms with E-state index in [0.717, 1.165) is 25.2 Å². The summed E-state index contributed by atoms with van der Waals surface area (Å²) in [6, 6.07) is 0.690. The first kappa shape index (κ1) is 12.3. The van der Waals surface area contributed by atoms with Crippen LogP contribution in [-0.2, 0) is 6.54 Å². The highest BCUT2D eigenvalue weighted by atomic mass is 15.2. The molecule has 0 aliphatic carbocycles. The zero-order chi connectivity index (χ0) is 12.1. The molecule has 0 saturated carbocycles. The fourth-order valence-corrected chi connectivity index (χ4v) is 2.38. The summed E-state index contributed by atoms with van der Waals surface area (Å²) in [6.07, 6.45) is 6.19. The SMILES string of the molecule is CCN1CCCC1CNCc1cnc(N)nc1. The summed E-state index contributed by atoms with van der Waals surface area (Å²) in [5.74, 6) is 0.335. The number of likely N-dealkylation sites (tertiary alicyclic amines) is 1. The van der Waals surface area contributed by atoms with Crippen LogP contribution < -0.4 is 11.1 Å². The molecule has 0 spiro atoms. The minimum atomic E-state index is 0.335. The molecular weight excluding hydrogens is 214 g/mol. The van der Waals surface area contributed by atoms with Crippen LogP contribution in [0.25, 0.3) is 0 Å². The molecule has 1 aliphatic rings. The van der Waals surface area contributed by atoms with Crippen molar-refractivity contribution in [1.82, 2.24) is 20.2 Å². The van der Waals surface area contributed by atoms with Gasteiger partial charge in [0.05, 0.1) is 0 Å². The van der Waals surface area contributed by atoms with Gasteiger partial charge in [0.2, 0.25) is 5.95 Å². The molecule has 1 unspecified atom stereocenters. The van der Waals surface area contributed by atoms with Crippen LogP contribution in [0.5, 0.6) is 0 Å². The second-order valence-corrected chi connectivity index (χ2v) is 4.51. The van der Waals surface area contributed by atoms with Crippen LogP contribution in [0.3, 0.4) is 0 Å². The van der Waals surface area contributed by atoms with Gasteiger partial charge in [0, 0.05) is 37.1 Å². The Morgan fingerprint density at radius 3 is 2.94 bits per heavy atom. The van der Waals surface area contributed by atoms with Gasteiger partial charge in [-0.25, -0.2) is 9.97 Å². The van der Waals surface area contributed by atoms with E-state index in [1.165, 1.54) is 19.4 Å². The summed E-state index contributed by atoms with van der Waals surface area (Å²) in [6.45, 7) is 6.48. The normalized spacial score (nSPS) is 20.9. The number of nitrogens with two attached hydrogens (primary N) is 1. The van der Waals surface area contributed by atoms with Crippen molar-refractivity contribution in [2.45, 2.75) is 32.4 Å². The number of nitrogen functional groups attached to an aromatic ring is 1. The van der Waals surface area contributed by atoms with Crippen molar-refractivity contribution in [3.05, 3.63) is 18.0 Å². The summed E-state index contributed by atoms with van der Waals surface area (Å²) in [4.78, 5) is 10.5. The van der Waals surface area contributed by atoms with Gasteiger partial charge < -0.3 is 11.1 Å². The molecule has 2 rings (SSSR count). The van der Waals surface area contributed by atoms with Crippen LogP contribution in [0.4, 0.5) is 5.95 Å². The molecular formula is C12H21N5. The quantitative estimate of drug-likeness (QED) is 0.783. The molecule has 0 amide bonds. The highest BCUT2D eigenvalue weighted by molar-refractivity contribution is 5.16. The fraction of sp³-hybridized carbons (Fsp3) is 0.667. The molecule has 2 heterocycles. The molecule has 1 aromatic rings. The highest BCUT2D eigenvalue weighted by Gasteiger charge is 2.21. The minimum absolute atomic E-state index is 0.335. The van der Waals surface area contributed by atoms with Crippen molar-refractivity contribution >= 4 is 5.95 Å². The fourth-order valence-electron chi connectivity index (χ4n) is 2.38. The average Bonchev–Trinajstić information content (AvgIpc) is 2.79. The first-order chi connectivity index (χ1) is 8.29. The van der Waals surface area contributed by atoms with Crippen molar-refractivity contribution in [2.24, 2.45) is 0 Å². The minimum Gasteiger partial charge on any atom is -0.368 e. The standard InChI is InChI=1S/C12H21N5/c1-2-17-5-3-4-11(17)9-14-6-10-7-15-12(13)16-8-10/h7-8,11,14H,2-6,9H2,1H3,(H2,13,15,16). The molecule has 5 nitrogen and oxygen atoms in total. The third kappa shape index (κ3) is 3.38. The van der Waals surface area contributed by atoms with E-state index >= 15 is 0 Å². The maximum atomic E-state index is 5.44. The van der Waals surface area contributed by atoms with Crippen molar-refractivity contribution in [3.8, 4) is 0 Å². The molecule has 0 bridgehead atoms. The van der Waals surface area contributed by atoms with Gasteiger partial charge in [0.15, 0.2) is 0 Å². The third-order valence-corrected chi connectivity index (χ3v) is 3.34. The van der Waals surface area contributed by atoms with Gasteiger partial charge in [0.1, 0.15) is 0 Å². The number of anilines is 1. The second kappa shape index (κ2) is 5.93. The lowest BCUT2D eigenvalue weighted by Crippen LogP contribution is -2.37. The number of hydrogen-bond donors (Lipinski definition) is 2. The lowest BCUT2D eigenvalue weighted by molar-refractivity contribution is 0.260.